The molecule has 0 aliphatic heterocycles. The molecular weight excluding hydrogens is 202 g/mol. The first-order chi connectivity index (χ1) is 6.65. The Labute approximate surface area is 85.9 Å². The molecule has 1 unspecified atom stereocenters. The molecule has 14 heavy (non-hydrogen) atoms. The van der Waals surface area contributed by atoms with E-state index in [9.17, 15) is 9.59 Å². The van der Waals surface area contributed by atoms with Gasteiger partial charge >= 0.3 is 11.9 Å². The van der Waals surface area contributed by atoms with E-state index in [0.29, 0.717) is 0 Å². The molecule has 76 valence electrons. The summed E-state index contributed by atoms with van der Waals surface area (Å²) in [7, 11) is 1.18. The summed E-state index contributed by atoms with van der Waals surface area (Å²) >= 11 is 1.53. The smallest absolute Gasteiger partial charge is 0.396 e. The number of thiophene rings is 1. The van der Waals surface area contributed by atoms with Gasteiger partial charge in [0.05, 0.1) is 13.2 Å². The molecule has 0 fully saturated rings. The van der Waals surface area contributed by atoms with Gasteiger partial charge in [-0.25, -0.2) is 4.79 Å². The summed E-state index contributed by atoms with van der Waals surface area (Å²) in [5.74, 6) is -1.58. The van der Waals surface area contributed by atoms with E-state index in [1.54, 1.807) is 0 Å². The normalized spacial score (nSPS) is 11.9. The maximum atomic E-state index is 11.1. The molecule has 0 aliphatic rings. The van der Waals surface area contributed by atoms with Crippen molar-refractivity contribution < 1.29 is 14.3 Å². The van der Waals surface area contributed by atoms with Gasteiger partial charge in [0.25, 0.3) is 0 Å². The number of amides is 1. The van der Waals surface area contributed by atoms with Crippen LogP contribution >= 0.6 is 11.3 Å². The van der Waals surface area contributed by atoms with E-state index in [0.717, 1.165) is 4.88 Å². The number of carbonyl (C=O) groups excluding carboxylic acids is 2. The van der Waals surface area contributed by atoms with Crippen molar-refractivity contribution in [2.45, 2.75) is 13.0 Å². The maximum absolute atomic E-state index is 11.1. The second-order valence-corrected chi connectivity index (χ2v) is 3.68. The Kier molecular flexibility index (Phi) is 3.64. The van der Waals surface area contributed by atoms with Crippen molar-refractivity contribution >= 4 is 23.2 Å². The molecule has 5 heteroatoms. The number of hydrogen-bond acceptors (Lipinski definition) is 4. The molecule has 1 heterocycles. The quantitative estimate of drug-likeness (QED) is 0.591. The van der Waals surface area contributed by atoms with E-state index in [-0.39, 0.29) is 6.04 Å². The minimum Gasteiger partial charge on any atom is -0.462 e. The van der Waals surface area contributed by atoms with Gasteiger partial charge in [0, 0.05) is 4.88 Å². The third kappa shape index (κ3) is 2.56. The van der Waals surface area contributed by atoms with Crippen LogP contribution in [0.5, 0.6) is 0 Å². The van der Waals surface area contributed by atoms with Crippen molar-refractivity contribution in [1.29, 1.82) is 0 Å². The molecular formula is C9H11NO3S. The van der Waals surface area contributed by atoms with Crippen LogP contribution in [0.4, 0.5) is 0 Å². The van der Waals surface area contributed by atoms with Gasteiger partial charge in [-0.2, -0.15) is 0 Å². The number of rotatable bonds is 2. The van der Waals surface area contributed by atoms with Gasteiger partial charge in [-0.3, -0.25) is 4.79 Å². The minimum atomic E-state index is -0.867. The van der Waals surface area contributed by atoms with Crippen molar-refractivity contribution in [3.05, 3.63) is 22.4 Å². The number of methoxy groups -OCH3 is 1. The third-order valence-electron chi connectivity index (χ3n) is 1.69. The second-order valence-electron chi connectivity index (χ2n) is 2.70. The Morgan fingerprint density at radius 2 is 2.29 bits per heavy atom. The van der Waals surface area contributed by atoms with E-state index in [4.69, 9.17) is 0 Å². The molecule has 1 aromatic rings. The van der Waals surface area contributed by atoms with E-state index in [1.165, 1.54) is 18.4 Å². The van der Waals surface area contributed by atoms with Crippen LogP contribution in [-0.2, 0) is 14.3 Å². The number of carbonyl (C=O) groups is 2. The molecule has 4 nitrogen and oxygen atoms in total. The van der Waals surface area contributed by atoms with E-state index < -0.39 is 11.9 Å². The first-order valence-electron chi connectivity index (χ1n) is 4.07. The second kappa shape index (κ2) is 4.76. The lowest BCUT2D eigenvalue weighted by Gasteiger charge is -2.10. The van der Waals surface area contributed by atoms with E-state index >= 15 is 0 Å². The number of nitrogens with one attached hydrogen (secondary N) is 1. The summed E-state index contributed by atoms with van der Waals surface area (Å²) in [6, 6.07) is 3.62. The van der Waals surface area contributed by atoms with Gasteiger partial charge in [0.2, 0.25) is 0 Å². The van der Waals surface area contributed by atoms with Crippen LogP contribution in [0.1, 0.15) is 17.8 Å². The SMILES string of the molecule is COC(=O)C(=O)NC(C)c1cccs1. The Morgan fingerprint density at radius 3 is 2.79 bits per heavy atom. The fraction of sp³-hybridized carbons (Fsp3) is 0.333. The molecule has 1 aromatic heterocycles. The Balaban J connectivity index is 2.53. The third-order valence-corrected chi connectivity index (χ3v) is 2.74. The van der Waals surface area contributed by atoms with Crippen molar-refractivity contribution in [2.24, 2.45) is 0 Å². The Hall–Kier alpha value is -1.36. The monoisotopic (exact) mass is 213 g/mol. The van der Waals surface area contributed by atoms with Gasteiger partial charge in [-0.1, -0.05) is 6.07 Å². The lowest BCUT2D eigenvalue weighted by Crippen LogP contribution is -2.33. The van der Waals surface area contributed by atoms with Crippen LogP contribution in [0.3, 0.4) is 0 Å². The number of esters is 1. The van der Waals surface area contributed by atoms with E-state index in [2.05, 4.69) is 10.1 Å². The molecule has 0 aliphatic carbocycles. The predicted molar refractivity (Wildman–Crippen MR) is 52.9 cm³/mol. The maximum Gasteiger partial charge on any atom is 0.396 e. The molecule has 0 spiro atoms. The molecule has 0 saturated heterocycles. The van der Waals surface area contributed by atoms with Gasteiger partial charge < -0.3 is 10.1 Å². The van der Waals surface area contributed by atoms with Gasteiger partial charge in [0.15, 0.2) is 0 Å². The van der Waals surface area contributed by atoms with Crippen molar-refractivity contribution in [1.82, 2.24) is 5.32 Å². The highest BCUT2D eigenvalue weighted by Crippen LogP contribution is 2.17. The van der Waals surface area contributed by atoms with Gasteiger partial charge in [-0.05, 0) is 18.4 Å². The standard InChI is InChI=1S/C9H11NO3S/c1-6(7-4-3-5-14-7)10-8(11)9(12)13-2/h3-6H,1-2H3,(H,10,11). The van der Waals surface area contributed by atoms with Crippen LogP contribution in [0.2, 0.25) is 0 Å². The molecule has 1 N–H and O–H groups in total. The average molecular weight is 213 g/mol. The van der Waals surface area contributed by atoms with E-state index in [1.807, 2.05) is 24.4 Å². The van der Waals surface area contributed by atoms with Crippen LogP contribution < -0.4 is 5.32 Å². The lowest BCUT2D eigenvalue weighted by atomic mass is 10.3. The minimum absolute atomic E-state index is 0.165. The summed E-state index contributed by atoms with van der Waals surface area (Å²) < 4.78 is 4.28. The molecule has 0 saturated carbocycles. The van der Waals surface area contributed by atoms with Crippen LogP contribution in [0.15, 0.2) is 17.5 Å². The molecule has 1 amide bonds. The zero-order valence-corrected chi connectivity index (χ0v) is 8.76. The summed E-state index contributed by atoms with van der Waals surface area (Å²) in [6.07, 6.45) is 0. The molecule has 1 rings (SSSR count). The zero-order valence-electron chi connectivity index (χ0n) is 7.94. The van der Waals surface area contributed by atoms with Crippen LogP contribution in [0.25, 0.3) is 0 Å². The molecule has 0 radical (unpaired) electrons. The first-order valence-corrected chi connectivity index (χ1v) is 4.95. The highest BCUT2D eigenvalue weighted by Gasteiger charge is 2.17. The first kappa shape index (κ1) is 10.7. The van der Waals surface area contributed by atoms with Crippen molar-refractivity contribution in [2.75, 3.05) is 7.11 Å². The summed E-state index contributed by atoms with van der Waals surface area (Å²) in [5.41, 5.74) is 0. The van der Waals surface area contributed by atoms with Gasteiger partial charge in [0.1, 0.15) is 0 Å². The molecule has 1 atom stereocenters. The lowest BCUT2D eigenvalue weighted by molar-refractivity contribution is -0.153. The average Bonchev–Trinajstić information content (AvgIpc) is 2.69. The topological polar surface area (TPSA) is 55.4 Å². The van der Waals surface area contributed by atoms with Crippen molar-refractivity contribution in [3.63, 3.8) is 0 Å². The summed E-state index contributed by atoms with van der Waals surface area (Å²) in [4.78, 5) is 22.9. The fourth-order valence-corrected chi connectivity index (χ4v) is 1.69. The van der Waals surface area contributed by atoms with Crippen LogP contribution in [-0.4, -0.2) is 19.0 Å². The summed E-state index contributed by atoms with van der Waals surface area (Å²) in [5, 5.41) is 4.44. The van der Waals surface area contributed by atoms with Gasteiger partial charge in [-0.15, -0.1) is 11.3 Å². The molecule has 0 aromatic carbocycles. The van der Waals surface area contributed by atoms with Crippen molar-refractivity contribution in [3.8, 4) is 0 Å². The van der Waals surface area contributed by atoms with Crippen LogP contribution in [0, 0.1) is 0 Å². The number of hydrogen-bond donors (Lipinski definition) is 1. The predicted octanol–water partition coefficient (Wildman–Crippen LogP) is 1.10. The highest BCUT2D eigenvalue weighted by atomic mass is 32.1. The summed E-state index contributed by atoms with van der Waals surface area (Å²) in [6.45, 7) is 1.81. The largest absolute Gasteiger partial charge is 0.462 e. The zero-order chi connectivity index (χ0) is 10.6. The fourth-order valence-electron chi connectivity index (χ4n) is 0.957. The molecule has 0 bridgehead atoms. The number of ether oxygens (including phenoxy) is 1. The Morgan fingerprint density at radius 1 is 1.57 bits per heavy atom. The highest BCUT2D eigenvalue weighted by molar-refractivity contribution is 7.10. The Bertz CT molecular complexity index is 321.